The van der Waals surface area contributed by atoms with Gasteiger partial charge in [0, 0.05) is 13.2 Å². The van der Waals surface area contributed by atoms with Crippen molar-refractivity contribution in [3.05, 3.63) is 0 Å². The predicted molar refractivity (Wildman–Crippen MR) is 77.7 cm³/mol. The number of ether oxygens (including phenoxy) is 1. The number of aliphatic hydroxyl groups excluding tert-OH is 1. The van der Waals surface area contributed by atoms with E-state index in [1.54, 1.807) is 0 Å². The molecule has 0 aromatic carbocycles. The van der Waals surface area contributed by atoms with Gasteiger partial charge in [-0.1, -0.05) is 26.2 Å². The first-order valence-corrected chi connectivity index (χ1v) is 7.84. The summed E-state index contributed by atoms with van der Waals surface area (Å²) in [5, 5.41) is 22.1. The zero-order valence-electron chi connectivity index (χ0n) is 12.5. The van der Waals surface area contributed by atoms with Crippen LogP contribution in [0.2, 0.25) is 0 Å². The Bertz CT molecular complexity index is 273. The monoisotopic (exact) mass is 287 g/mol. The van der Waals surface area contributed by atoms with Gasteiger partial charge in [-0.05, 0) is 31.7 Å². The number of aliphatic hydroxyl groups is 1. The summed E-state index contributed by atoms with van der Waals surface area (Å²) in [7, 11) is 0. The Kier molecular flexibility index (Phi) is 8.82. The molecule has 118 valence electrons. The number of carboxylic acids is 1. The van der Waals surface area contributed by atoms with Crippen LogP contribution in [0.1, 0.15) is 45.4 Å². The summed E-state index contributed by atoms with van der Waals surface area (Å²) in [6.45, 7) is 4.28. The Labute approximate surface area is 121 Å². The number of carboxylic acid groups (broad SMARTS) is 1. The van der Waals surface area contributed by atoms with Gasteiger partial charge in [0.05, 0.1) is 18.6 Å². The summed E-state index contributed by atoms with van der Waals surface area (Å²) in [5.41, 5.74) is 0. The van der Waals surface area contributed by atoms with E-state index < -0.39 is 12.1 Å². The Balaban J connectivity index is 2.13. The third kappa shape index (κ3) is 6.68. The molecule has 0 radical (unpaired) electrons. The quantitative estimate of drug-likeness (QED) is 0.532. The molecular weight excluding hydrogens is 258 g/mol. The Hall–Kier alpha value is -0.650. The second kappa shape index (κ2) is 10.1. The van der Waals surface area contributed by atoms with Gasteiger partial charge in [0.25, 0.3) is 0 Å². The van der Waals surface area contributed by atoms with Crippen molar-refractivity contribution in [3.63, 3.8) is 0 Å². The molecule has 0 spiro atoms. The lowest BCUT2D eigenvalue weighted by Crippen LogP contribution is -2.38. The van der Waals surface area contributed by atoms with Crippen LogP contribution in [0.15, 0.2) is 0 Å². The normalized spacial score (nSPS) is 24.5. The summed E-state index contributed by atoms with van der Waals surface area (Å²) in [4.78, 5) is 11.2. The lowest BCUT2D eigenvalue weighted by Gasteiger charge is -2.29. The average Bonchev–Trinajstić information content (AvgIpc) is 2.44. The summed E-state index contributed by atoms with van der Waals surface area (Å²) in [5.74, 6) is -0.719. The molecule has 3 N–H and O–H groups in total. The molecule has 1 aliphatic carbocycles. The topological polar surface area (TPSA) is 78.8 Å². The summed E-state index contributed by atoms with van der Waals surface area (Å²) in [6.07, 6.45) is 5.46. The number of hydrogen-bond acceptors (Lipinski definition) is 4. The minimum atomic E-state index is -0.681. The molecule has 0 aromatic rings. The van der Waals surface area contributed by atoms with E-state index in [2.05, 4.69) is 12.2 Å². The Morgan fingerprint density at radius 3 is 2.85 bits per heavy atom. The van der Waals surface area contributed by atoms with Crippen molar-refractivity contribution in [2.24, 2.45) is 11.8 Å². The fraction of sp³-hybridized carbons (Fsp3) is 0.933. The molecule has 3 unspecified atom stereocenters. The SMILES string of the molecule is CCCCOCC(O)CNCC1CCCCC1C(=O)O. The fourth-order valence-electron chi connectivity index (χ4n) is 2.74. The fourth-order valence-corrected chi connectivity index (χ4v) is 2.74. The molecule has 0 saturated heterocycles. The highest BCUT2D eigenvalue weighted by Gasteiger charge is 2.30. The van der Waals surface area contributed by atoms with Crippen LogP contribution in [0.4, 0.5) is 0 Å². The molecule has 0 aromatic heterocycles. The summed E-state index contributed by atoms with van der Waals surface area (Å²) >= 11 is 0. The molecule has 5 heteroatoms. The van der Waals surface area contributed by atoms with Crippen molar-refractivity contribution >= 4 is 5.97 Å². The van der Waals surface area contributed by atoms with E-state index in [9.17, 15) is 15.0 Å². The van der Waals surface area contributed by atoms with E-state index in [0.717, 1.165) is 38.5 Å². The molecule has 20 heavy (non-hydrogen) atoms. The molecule has 1 aliphatic rings. The van der Waals surface area contributed by atoms with Crippen LogP contribution in [0.5, 0.6) is 0 Å². The molecule has 1 rings (SSSR count). The van der Waals surface area contributed by atoms with Crippen LogP contribution in [0, 0.1) is 11.8 Å². The Morgan fingerprint density at radius 1 is 1.40 bits per heavy atom. The van der Waals surface area contributed by atoms with Crippen LogP contribution in [-0.4, -0.2) is 48.6 Å². The minimum absolute atomic E-state index is 0.189. The average molecular weight is 287 g/mol. The number of carbonyl (C=O) groups is 1. The van der Waals surface area contributed by atoms with Gasteiger partial charge in [-0.3, -0.25) is 4.79 Å². The van der Waals surface area contributed by atoms with Crippen LogP contribution in [0.25, 0.3) is 0 Å². The van der Waals surface area contributed by atoms with Crippen molar-refractivity contribution in [1.29, 1.82) is 0 Å². The number of hydrogen-bond donors (Lipinski definition) is 3. The molecule has 1 fully saturated rings. The van der Waals surface area contributed by atoms with Crippen LogP contribution in [-0.2, 0) is 9.53 Å². The minimum Gasteiger partial charge on any atom is -0.481 e. The maximum absolute atomic E-state index is 11.2. The van der Waals surface area contributed by atoms with Crippen LogP contribution < -0.4 is 5.32 Å². The standard InChI is InChI=1S/C15H29NO4/c1-2-3-8-20-11-13(17)10-16-9-12-6-4-5-7-14(12)15(18)19/h12-14,16-17H,2-11H2,1H3,(H,18,19). The lowest BCUT2D eigenvalue weighted by molar-refractivity contribution is -0.144. The van der Waals surface area contributed by atoms with Crippen molar-refractivity contribution in [2.45, 2.75) is 51.6 Å². The molecule has 0 heterocycles. The van der Waals surface area contributed by atoms with E-state index in [4.69, 9.17) is 4.74 Å². The molecular formula is C15H29NO4. The van der Waals surface area contributed by atoms with Crippen LogP contribution >= 0.6 is 0 Å². The first-order valence-electron chi connectivity index (χ1n) is 7.84. The van der Waals surface area contributed by atoms with Gasteiger partial charge < -0.3 is 20.3 Å². The van der Waals surface area contributed by atoms with Gasteiger partial charge in [-0.2, -0.15) is 0 Å². The van der Waals surface area contributed by atoms with Gasteiger partial charge in [-0.25, -0.2) is 0 Å². The van der Waals surface area contributed by atoms with Gasteiger partial charge in [0.2, 0.25) is 0 Å². The van der Waals surface area contributed by atoms with Crippen molar-refractivity contribution in [1.82, 2.24) is 5.32 Å². The van der Waals surface area contributed by atoms with E-state index in [-0.39, 0.29) is 11.8 Å². The lowest BCUT2D eigenvalue weighted by atomic mass is 9.79. The number of nitrogens with one attached hydrogen (secondary N) is 1. The Morgan fingerprint density at radius 2 is 2.15 bits per heavy atom. The molecule has 3 atom stereocenters. The van der Waals surface area contributed by atoms with Crippen LogP contribution in [0.3, 0.4) is 0 Å². The first kappa shape index (κ1) is 17.4. The third-order valence-corrected chi connectivity index (χ3v) is 3.97. The molecule has 5 nitrogen and oxygen atoms in total. The first-order chi connectivity index (χ1) is 9.65. The molecule has 0 aliphatic heterocycles. The molecule has 0 amide bonds. The number of aliphatic carboxylic acids is 1. The van der Waals surface area contributed by atoms with E-state index in [1.165, 1.54) is 0 Å². The highest BCUT2D eigenvalue weighted by atomic mass is 16.5. The van der Waals surface area contributed by atoms with Gasteiger partial charge in [0.1, 0.15) is 0 Å². The highest BCUT2D eigenvalue weighted by molar-refractivity contribution is 5.70. The smallest absolute Gasteiger partial charge is 0.306 e. The zero-order valence-corrected chi connectivity index (χ0v) is 12.5. The largest absolute Gasteiger partial charge is 0.481 e. The maximum Gasteiger partial charge on any atom is 0.306 e. The van der Waals surface area contributed by atoms with Crippen molar-refractivity contribution in [2.75, 3.05) is 26.3 Å². The number of rotatable bonds is 10. The van der Waals surface area contributed by atoms with E-state index in [1.807, 2.05) is 0 Å². The third-order valence-electron chi connectivity index (χ3n) is 3.97. The summed E-state index contributed by atoms with van der Waals surface area (Å²) in [6, 6.07) is 0. The maximum atomic E-state index is 11.2. The number of unbranched alkanes of at least 4 members (excludes halogenated alkanes) is 1. The zero-order chi connectivity index (χ0) is 14.8. The van der Waals surface area contributed by atoms with Gasteiger partial charge in [0.15, 0.2) is 0 Å². The van der Waals surface area contributed by atoms with Gasteiger partial charge >= 0.3 is 5.97 Å². The second-order valence-corrected chi connectivity index (χ2v) is 5.73. The van der Waals surface area contributed by atoms with Crippen molar-refractivity contribution in [3.8, 4) is 0 Å². The highest BCUT2D eigenvalue weighted by Crippen LogP contribution is 2.29. The summed E-state index contributed by atoms with van der Waals surface area (Å²) < 4.78 is 5.35. The van der Waals surface area contributed by atoms with Gasteiger partial charge in [-0.15, -0.1) is 0 Å². The van der Waals surface area contributed by atoms with E-state index >= 15 is 0 Å². The molecule has 1 saturated carbocycles. The van der Waals surface area contributed by atoms with E-state index in [0.29, 0.717) is 26.3 Å². The molecule has 0 bridgehead atoms. The predicted octanol–water partition coefficient (Wildman–Crippen LogP) is 1.64. The van der Waals surface area contributed by atoms with Crippen molar-refractivity contribution < 1.29 is 19.7 Å². The second-order valence-electron chi connectivity index (χ2n) is 5.73.